The highest BCUT2D eigenvalue weighted by molar-refractivity contribution is 7.98. The largest absolute Gasteiger partial charge is 0.436 e. The molecule has 1 N–H and O–H groups in total. The molecule has 0 spiro atoms. The van der Waals surface area contributed by atoms with E-state index >= 15 is 0 Å². The summed E-state index contributed by atoms with van der Waals surface area (Å²) < 4.78 is 6.02. The molecule has 0 bridgehead atoms. The Morgan fingerprint density at radius 2 is 1.87 bits per heavy atom. The maximum Gasteiger partial charge on any atom is 0.263 e. The van der Waals surface area contributed by atoms with Crippen LogP contribution in [0.15, 0.2) is 65.8 Å². The minimum atomic E-state index is -0.0213. The number of hydrogen-bond donors (Lipinski definition) is 1. The van der Waals surface area contributed by atoms with Crippen LogP contribution in [0.25, 0.3) is 0 Å². The highest BCUT2D eigenvalue weighted by Gasteiger charge is 2.27. The molecule has 1 aliphatic rings. The summed E-state index contributed by atoms with van der Waals surface area (Å²) in [5.41, 5.74) is 1.97. The number of carbonyl (C=O) groups is 1. The Bertz CT molecular complexity index is 1050. The molecule has 1 aliphatic heterocycles. The highest BCUT2D eigenvalue weighted by Crippen LogP contribution is 2.31. The maximum absolute atomic E-state index is 12.8. The Kier molecular flexibility index (Phi) is 6.72. The Balaban J connectivity index is 1.39. The SMILES string of the molecule is CSc1cccc(NC(=O)C2CCN(c3nccnc3Oc3cccc(C)c3)CC2)c1. The van der Waals surface area contributed by atoms with Crippen LogP contribution < -0.4 is 15.0 Å². The topological polar surface area (TPSA) is 67.4 Å². The zero-order valence-corrected chi connectivity index (χ0v) is 18.6. The normalized spacial score (nSPS) is 14.3. The quantitative estimate of drug-likeness (QED) is 0.541. The molecule has 6 nitrogen and oxygen atoms in total. The van der Waals surface area contributed by atoms with Gasteiger partial charge in [0.05, 0.1) is 0 Å². The minimum absolute atomic E-state index is 0.0213. The molecule has 7 heteroatoms. The number of anilines is 2. The first-order chi connectivity index (χ1) is 15.1. The zero-order valence-electron chi connectivity index (χ0n) is 17.7. The summed E-state index contributed by atoms with van der Waals surface area (Å²) in [6.45, 7) is 3.48. The number of nitrogens with zero attached hydrogens (tertiary/aromatic N) is 3. The van der Waals surface area contributed by atoms with Crippen LogP contribution in [0.3, 0.4) is 0 Å². The van der Waals surface area contributed by atoms with Crippen LogP contribution in [-0.2, 0) is 4.79 Å². The molecule has 160 valence electrons. The number of carbonyl (C=O) groups excluding carboxylic acids is 1. The molecule has 0 radical (unpaired) electrons. The molecule has 2 heterocycles. The number of benzene rings is 2. The number of aryl methyl sites for hydroxylation is 1. The second kappa shape index (κ2) is 9.83. The fourth-order valence-electron chi connectivity index (χ4n) is 3.70. The summed E-state index contributed by atoms with van der Waals surface area (Å²) in [5, 5.41) is 3.07. The van der Waals surface area contributed by atoms with Gasteiger partial charge in [0.2, 0.25) is 5.91 Å². The smallest absolute Gasteiger partial charge is 0.263 e. The summed E-state index contributed by atoms with van der Waals surface area (Å²) in [4.78, 5) is 25.0. The predicted octanol–water partition coefficient (Wildman–Crippen LogP) is 5.15. The molecule has 31 heavy (non-hydrogen) atoms. The first-order valence-corrected chi connectivity index (χ1v) is 11.6. The van der Waals surface area contributed by atoms with E-state index in [1.807, 2.05) is 61.7 Å². The average molecular weight is 435 g/mol. The summed E-state index contributed by atoms with van der Waals surface area (Å²) >= 11 is 1.66. The number of piperidine rings is 1. The first-order valence-electron chi connectivity index (χ1n) is 10.4. The van der Waals surface area contributed by atoms with Crippen molar-refractivity contribution in [2.45, 2.75) is 24.7 Å². The fourth-order valence-corrected chi connectivity index (χ4v) is 4.16. The predicted molar refractivity (Wildman–Crippen MR) is 125 cm³/mol. The van der Waals surface area contributed by atoms with Gasteiger partial charge in [-0.1, -0.05) is 18.2 Å². The lowest BCUT2D eigenvalue weighted by molar-refractivity contribution is -0.120. The lowest BCUT2D eigenvalue weighted by Crippen LogP contribution is -2.38. The Hall–Kier alpha value is -3.06. The van der Waals surface area contributed by atoms with Crippen molar-refractivity contribution in [1.82, 2.24) is 9.97 Å². The van der Waals surface area contributed by atoms with E-state index in [4.69, 9.17) is 4.74 Å². The first kappa shape index (κ1) is 21.2. The average Bonchev–Trinajstić information content (AvgIpc) is 2.80. The van der Waals surface area contributed by atoms with Crippen LogP contribution in [0.4, 0.5) is 11.5 Å². The third kappa shape index (κ3) is 5.35. The van der Waals surface area contributed by atoms with Gasteiger partial charge in [-0.3, -0.25) is 4.79 Å². The van der Waals surface area contributed by atoms with E-state index in [2.05, 4.69) is 20.2 Å². The molecule has 1 aromatic heterocycles. The fraction of sp³-hybridized carbons (Fsp3) is 0.292. The second-order valence-corrected chi connectivity index (χ2v) is 8.47. The number of ether oxygens (including phenoxy) is 1. The molecular formula is C24H26N4O2S. The van der Waals surface area contributed by atoms with Crippen molar-refractivity contribution >= 4 is 29.2 Å². The van der Waals surface area contributed by atoms with Crippen molar-refractivity contribution in [2.75, 3.05) is 29.6 Å². The molecule has 1 saturated heterocycles. The maximum atomic E-state index is 12.8. The van der Waals surface area contributed by atoms with Crippen molar-refractivity contribution in [3.05, 3.63) is 66.5 Å². The van der Waals surface area contributed by atoms with Gasteiger partial charge in [-0.15, -0.1) is 11.8 Å². The van der Waals surface area contributed by atoms with Gasteiger partial charge in [0.1, 0.15) is 5.75 Å². The lowest BCUT2D eigenvalue weighted by atomic mass is 9.96. The Morgan fingerprint density at radius 1 is 1.10 bits per heavy atom. The van der Waals surface area contributed by atoms with Gasteiger partial charge in [0.15, 0.2) is 5.82 Å². The number of hydrogen-bond acceptors (Lipinski definition) is 6. The van der Waals surface area contributed by atoms with E-state index in [0.717, 1.165) is 53.6 Å². The molecule has 3 aromatic rings. The van der Waals surface area contributed by atoms with Crippen LogP contribution in [0.2, 0.25) is 0 Å². The Morgan fingerprint density at radius 3 is 2.65 bits per heavy atom. The molecule has 1 amide bonds. The minimum Gasteiger partial charge on any atom is -0.436 e. The monoisotopic (exact) mass is 434 g/mol. The molecule has 4 rings (SSSR count). The molecule has 0 saturated carbocycles. The van der Waals surface area contributed by atoms with E-state index in [1.54, 1.807) is 24.2 Å². The summed E-state index contributed by atoms with van der Waals surface area (Å²) in [6, 6.07) is 15.8. The van der Waals surface area contributed by atoms with Gasteiger partial charge in [-0.05, 0) is 61.9 Å². The number of rotatable bonds is 6. The highest BCUT2D eigenvalue weighted by atomic mass is 32.2. The van der Waals surface area contributed by atoms with Crippen molar-refractivity contribution in [3.63, 3.8) is 0 Å². The molecule has 2 aromatic carbocycles. The van der Waals surface area contributed by atoms with Crippen LogP contribution in [0, 0.1) is 12.8 Å². The van der Waals surface area contributed by atoms with E-state index < -0.39 is 0 Å². The van der Waals surface area contributed by atoms with Gasteiger partial charge in [-0.2, -0.15) is 0 Å². The lowest BCUT2D eigenvalue weighted by Gasteiger charge is -2.32. The molecule has 0 atom stereocenters. The van der Waals surface area contributed by atoms with Crippen LogP contribution in [0.5, 0.6) is 11.6 Å². The summed E-state index contributed by atoms with van der Waals surface area (Å²) in [5.74, 6) is 2.00. The second-order valence-electron chi connectivity index (χ2n) is 7.59. The van der Waals surface area contributed by atoms with Crippen molar-refractivity contribution in [2.24, 2.45) is 5.92 Å². The van der Waals surface area contributed by atoms with Crippen LogP contribution in [-0.4, -0.2) is 35.2 Å². The molecule has 1 fully saturated rings. The number of nitrogens with one attached hydrogen (secondary N) is 1. The standard InChI is InChI=1S/C24H26N4O2S/c1-17-5-3-7-20(15-17)30-24-22(25-11-12-26-24)28-13-9-18(10-14-28)23(29)27-19-6-4-8-21(16-19)31-2/h3-8,11-12,15-16,18H,9-10,13-14H2,1-2H3,(H,27,29). The van der Waals surface area contributed by atoms with Gasteiger partial charge >= 0.3 is 0 Å². The third-order valence-corrected chi connectivity index (χ3v) is 6.08. The van der Waals surface area contributed by atoms with Crippen molar-refractivity contribution in [3.8, 4) is 11.6 Å². The van der Waals surface area contributed by atoms with Gasteiger partial charge in [0, 0.05) is 42.0 Å². The third-order valence-electron chi connectivity index (χ3n) is 5.35. The van der Waals surface area contributed by atoms with Crippen molar-refractivity contribution in [1.29, 1.82) is 0 Å². The van der Waals surface area contributed by atoms with E-state index in [9.17, 15) is 4.79 Å². The van der Waals surface area contributed by atoms with Crippen LogP contribution >= 0.6 is 11.8 Å². The van der Waals surface area contributed by atoms with Gasteiger partial charge < -0.3 is 15.0 Å². The van der Waals surface area contributed by atoms with E-state index in [0.29, 0.717) is 5.88 Å². The molecule has 0 aliphatic carbocycles. The number of thioether (sulfide) groups is 1. The van der Waals surface area contributed by atoms with Crippen LogP contribution in [0.1, 0.15) is 18.4 Å². The number of aromatic nitrogens is 2. The van der Waals surface area contributed by atoms with E-state index in [1.165, 1.54) is 0 Å². The van der Waals surface area contributed by atoms with Crippen molar-refractivity contribution < 1.29 is 9.53 Å². The van der Waals surface area contributed by atoms with Gasteiger partial charge in [-0.25, -0.2) is 9.97 Å². The van der Waals surface area contributed by atoms with Gasteiger partial charge in [0.25, 0.3) is 5.88 Å². The number of amides is 1. The summed E-state index contributed by atoms with van der Waals surface area (Å²) in [6.07, 6.45) is 6.86. The Labute approximate surface area is 187 Å². The molecular weight excluding hydrogens is 408 g/mol. The zero-order chi connectivity index (χ0) is 21.6. The molecule has 0 unspecified atom stereocenters. The summed E-state index contributed by atoms with van der Waals surface area (Å²) in [7, 11) is 0. The van der Waals surface area contributed by atoms with E-state index in [-0.39, 0.29) is 11.8 Å².